The number of piperidine rings is 1. The molecule has 5 heteroatoms. The number of carbonyl (C=O) groups is 1. The Kier molecular flexibility index (Phi) is 7.17. The molecule has 2 heterocycles. The van der Waals surface area contributed by atoms with Crippen LogP contribution in [0.2, 0.25) is 0 Å². The molecule has 0 saturated carbocycles. The number of hydrogen-bond acceptors (Lipinski definition) is 5. The summed E-state index contributed by atoms with van der Waals surface area (Å²) >= 11 is 0. The van der Waals surface area contributed by atoms with E-state index in [1.54, 1.807) is 0 Å². The number of rotatable bonds is 7. The van der Waals surface area contributed by atoms with E-state index in [1.807, 2.05) is 38.1 Å². The van der Waals surface area contributed by atoms with Gasteiger partial charge in [-0.05, 0) is 50.5 Å². The van der Waals surface area contributed by atoms with Crippen LogP contribution in [0.25, 0.3) is 33.3 Å². The zero-order chi connectivity index (χ0) is 24.9. The van der Waals surface area contributed by atoms with Crippen LogP contribution in [0.1, 0.15) is 26.7 Å². The minimum Gasteiger partial charge on any atom is -0.493 e. The lowest BCUT2D eigenvalue weighted by Gasteiger charge is -2.33. The molecular weight excluding hydrogens is 448 g/mol. The molecule has 0 spiro atoms. The molecule has 5 rings (SSSR count). The van der Waals surface area contributed by atoms with Crippen LogP contribution in [0.4, 0.5) is 5.69 Å². The van der Waals surface area contributed by atoms with E-state index in [-0.39, 0.29) is 11.9 Å². The predicted octanol–water partition coefficient (Wildman–Crippen LogP) is 6.75. The van der Waals surface area contributed by atoms with Crippen molar-refractivity contribution in [1.82, 2.24) is 4.98 Å². The molecule has 0 bridgehead atoms. The Bertz CT molecular complexity index is 1340. The quantitative estimate of drug-likeness (QED) is 0.274. The summed E-state index contributed by atoms with van der Waals surface area (Å²) in [5.74, 6) is 0.814. The molecular formula is C31H32N2O3. The number of nitrogens with zero attached hydrogens (tertiary/aromatic N) is 2. The van der Waals surface area contributed by atoms with E-state index in [4.69, 9.17) is 14.5 Å². The number of fused-ring (bicyclic) bond motifs is 1. The van der Waals surface area contributed by atoms with Crippen LogP contribution < -0.4 is 9.64 Å². The molecule has 0 atom stereocenters. The largest absolute Gasteiger partial charge is 0.493 e. The van der Waals surface area contributed by atoms with Crippen molar-refractivity contribution in [3.8, 4) is 28.1 Å². The fourth-order valence-corrected chi connectivity index (χ4v) is 4.99. The van der Waals surface area contributed by atoms with Gasteiger partial charge in [0.2, 0.25) is 0 Å². The first kappa shape index (κ1) is 23.9. The molecule has 5 nitrogen and oxygen atoms in total. The van der Waals surface area contributed by atoms with Crippen molar-refractivity contribution in [2.45, 2.75) is 26.7 Å². The summed E-state index contributed by atoms with van der Waals surface area (Å²) in [4.78, 5) is 19.6. The van der Waals surface area contributed by atoms with E-state index in [9.17, 15) is 4.79 Å². The predicted molar refractivity (Wildman–Crippen MR) is 145 cm³/mol. The van der Waals surface area contributed by atoms with Crippen LogP contribution in [0.15, 0.2) is 78.9 Å². The monoisotopic (exact) mass is 480 g/mol. The van der Waals surface area contributed by atoms with Gasteiger partial charge in [-0.25, -0.2) is 4.98 Å². The maximum Gasteiger partial charge on any atom is 0.309 e. The third-order valence-corrected chi connectivity index (χ3v) is 6.83. The molecule has 3 aromatic carbocycles. The second-order valence-electron chi connectivity index (χ2n) is 9.06. The third kappa shape index (κ3) is 4.92. The third-order valence-electron chi connectivity index (χ3n) is 6.83. The highest BCUT2D eigenvalue weighted by Gasteiger charge is 2.27. The topological polar surface area (TPSA) is 51.7 Å². The molecule has 0 radical (unpaired) electrons. The van der Waals surface area contributed by atoms with Crippen molar-refractivity contribution in [1.29, 1.82) is 0 Å². The number of ether oxygens (including phenoxy) is 2. The van der Waals surface area contributed by atoms with E-state index in [1.165, 1.54) is 5.69 Å². The first-order chi connectivity index (χ1) is 17.7. The van der Waals surface area contributed by atoms with E-state index in [0.29, 0.717) is 13.2 Å². The number of para-hydroxylation sites is 2. The van der Waals surface area contributed by atoms with Crippen LogP contribution in [0.5, 0.6) is 5.75 Å². The minimum atomic E-state index is -0.0663. The molecule has 0 amide bonds. The Labute approximate surface area is 212 Å². The summed E-state index contributed by atoms with van der Waals surface area (Å²) in [7, 11) is 0. The summed E-state index contributed by atoms with van der Waals surface area (Å²) in [5, 5.41) is 1.14. The van der Waals surface area contributed by atoms with Gasteiger partial charge in [0.05, 0.1) is 30.3 Å². The summed E-state index contributed by atoms with van der Waals surface area (Å²) in [6.45, 7) is 6.58. The summed E-state index contributed by atoms with van der Waals surface area (Å²) in [6.07, 6.45) is 1.61. The van der Waals surface area contributed by atoms with Gasteiger partial charge in [0.1, 0.15) is 5.75 Å². The molecule has 0 aliphatic carbocycles. The first-order valence-corrected chi connectivity index (χ1v) is 12.8. The molecule has 184 valence electrons. The van der Waals surface area contributed by atoms with E-state index in [0.717, 1.165) is 65.0 Å². The zero-order valence-electron chi connectivity index (χ0n) is 20.9. The fourth-order valence-electron chi connectivity index (χ4n) is 4.99. The standard InChI is InChI=1S/C31H32N2O3/c1-3-35-30-12-8-6-9-25(30)22-13-15-23(16-14-22)28-21-29(26-10-5-7-11-27(26)32-28)33-19-17-24(18-20-33)31(34)36-4-2/h5-16,21,24H,3-4,17-20H2,1-2H3. The number of pyridine rings is 1. The van der Waals surface area contributed by atoms with E-state index in [2.05, 4.69) is 59.5 Å². The smallest absolute Gasteiger partial charge is 0.309 e. The lowest BCUT2D eigenvalue weighted by Crippen LogP contribution is -2.37. The Morgan fingerprint density at radius 1 is 0.889 bits per heavy atom. The maximum absolute atomic E-state index is 12.2. The number of hydrogen-bond donors (Lipinski definition) is 0. The van der Waals surface area contributed by atoms with Gasteiger partial charge in [-0.15, -0.1) is 0 Å². The zero-order valence-corrected chi connectivity index (χ0v) is 20.9. The molecule has 36 heavy (non-hydrogen) atoms. The highest BCUT2D eigenvalue weighted by atomic mass is 16.5. The van der Waals surface area contributed by atoms with Crippen LogP contribution in [0.3, 0.4) is 0 Å². The molecule has 1 aromatic heterocycles. The highest BCUT2D eigenvalue weighted by molar-refractivity contribution is 5.94. The van der Waals surface area contributed by atoms with Crippen LogP contribution in [0, 0.1) is 5.92 Å². The second-order valence-corrected chi connectivity index (χ2v) is 9.06. The van der Waals surface area contributed by atoms with Crippen LogP contribution >= 0.6 is 0 Å². The van der Waals surface area contributed by atoms with Gasteiger partial charge in [-0.3, -0.25) is 4.79 Å². The van der Waals surface area contributed by atoms with Crippen molar-refractivity contribution in [3.05, 3.63) is 78.9 Å². The Morgan fingerprint density at radius 2 is 1.58 bits per heavy atom. The average Bonchev–Trinajstić information content (AvgIpc) is 2.93. The maximum atomic E-state index is 12.2. The number of aromatic nitrogens is 1. The van der Waals surface area contributed by atoms with Gasteiger partial charge < -0.3 is 14.4 Å². The first-order valence-electron chi connectivity index (χ1n) is 12.8. The molecule has 1 aliphatic heterocycles. The number of benzene rings is 3. The summed E-state index contributed by atoms with van der Waals surface area (Å²) in [5.41, 5.74) is 6.36. The SMILES string of the molecule is CCOC(=O)C1CCN(c2cc(-c3ccc(-c4ccccc4OCC)cc3)nc3ccccc23)CC1. The molecule has 0 unspecified atom stereocenters. The molecule has 0 N–H and O–H groups in total. The van der Waals surface area contributed by atoms with Crippen molar-refractivity contribution in [3.63, 3.8) is 0 Å². The second kappa shape index (κ2) is 10.8. The lowest BCUT2D eigenvalue weighted by atomic mass is 9.95. The van der Waals surface area contributed by atoms with Gasteiger partial charge in [0.15, 0.2) is 0 Å². The van der Waals surface area contributed by atoms with Crippen molar-refractivity contribution in [2.75, 3.05) is 31.2 Å². The van der Waals surface area contributed by atoms with Crippen molar-refractivity contribution >= 4 is 22.6 Å². The average molecular weight is 481 g/mol. The fraction of sp³-hybridized carbons (Fsp3) is 0.290. The Hall–Kier alpha value is -3.86. The Balaban J connectivity index is 1.45. The number of carbonyl (C=O) groups excluding carboxylic acids is 1. The van der Waals surface area contributed by atoms with Crippen LogP contribution in [-0.2, 0) is 9.53 Å². The minimum absolute atomic E-state index is 0.0131. The lowest BCUT2D eigenvalue weighted by molar-refractivity contribution is -0.148. The van der Waals surface area contributed by atoms with Gasteiger partial charge in [-0.2, -0.15) is 0 Å². The highest BCUT2D eigenvalue weighted by Crippen LogP contribution is 2.35. The molecule has 1 fully saturated rings. The van der Waals surface area contributed by atoms with Gasteiger partial charge >= 0.3 is 5.97 Å². The normalized spacial score (nSPS) is 14.1. The molecule has 4 aromatic rings. The van der Waals surface area contributed by atoms with Gasteiger partial charge in [0, 0.05) is 35.3 Å². The molecule has 1 aliphatic rings. The number of esters is 1. The number of anilines is 1. The Morgan fingerprint density at radius 3 is 2.33 bits per heavy atom. The van der Waals surface area contributed by atoms with Gasteiger partial charge in [-0.1, -0.05) is 60.7 Å². The summed E-state index contributed by atoms with van der Waals surface area (Å²) in [6, 6.07) is 27.1. The van der Waals surface area contributed by atoms with Crippen molar-refractivity contribution in [2.24, 2.45) is 5.92 Å². The summed E-state index contributed by atoms with van der Waals surface area (Å²) < 4.78 is 11.1. The van der Waals surface area contributed by atoms with E-state index < -0.39 is 0 Å². The van der Waals surface area contributed by atoms with Crippen molar-refractivity contribution < 1.29 is 14.3 Å². The molecule has 1 saturated heterocycles. The van der Waals surface area contributed by atoms with Crippen LogP contribution in [-0.4, -0.2) is 37.3 Å². The van der Waals surface area contributed by atoms with E-state index >= 15 is 0 Å². The van der Waals surface area contributed by atoms with Gasteiger partial charge in [0.25, 0.3) is 0 Å².